The third-order valence-corrected chi connectivity index (χ3v) is 4.15. The van der Waals surface area contributed by atoms with Crippen LogP contribution in [0.25, 0.3) is 0 Å². The maximum atomic E-state index is 13.2. The van der Waals surface area contributed by atoms with Gasteiger partial charge in [-0.15, -0.1) is 0 Å². The lowest BCUT2D eigenvalue weighted by Crippen LogP contribution is -2.37. The fraction of sp³-hybridized carbons (Fsp3) is 0.625. The van der Waals surface area contributed by atoms with E-state index in [1.165, 1.54) is 12.5 Å². The van der Waals surface area contributed by atoms with E-state index in [9.17, 15) is 4.39 Å². The van der Waals surface area contributed by atoms with Crippen LogP contribution in [0.1, 0.15) is 30.0 Å². The van der Waals surface area contributed by atoms with Crippen LogP contribution in [0.5, 0.6) is 0 Å². The molecule has 2 unspecified atom stereocenters. The number of aryl methyl sites for hydroxylation is 1. The second-order valence-electron chi connectivity index (χ2n) is 5.78. The Morgan fingerprint density at radius 1 is 1.50 bits per heavy atom. The Hall–Kier alpha value is -0.970. The van der Waals surface area contributed by atoms with Crippen molar-refractivity contribution in [3.8, 4) is 0 Å². The molecule has 2 N–H and O–H groups in total. The number of hydrogen-bond donors (Lipinski definition) is 1. The molecule has 0 radical (unpaired) electrons. The maximum Gasteiger partial charge on any atom is 0.123 e. The molecule has 0 amide bonds. The Bertz CT molecular complexity index is 432. The van der Waals surface area contributed by atoms with Crippen LogP contribution in [0.2, 0.25) is 0 Å². The third-order valence-electron chi connectivity index (χ3n) is 4.15. The predicted molar refractivity (Wildman–Crippen MR) is 79.1 cm³/mol. The quantitative estimate of drug-likeness (QED) is 0.900. The fourth-order valence-electron chi connectivity index (χ4n) is 3.04. The van der Waals surface area contributed by atoms with Crippen LogP contribution in [-0.2, 0) is 4.74 Å². The normalized spacial score (nSPS) is 21.1. The Balaban J connectivity index is 2.06. The highest BCUT2D eigenvalue weighted by molar-refractivity contribution is 5.29. The standard InChI is InChI=1S/C16H25FN2O/c1-12-8-14(17)5-6-15(12)16(9-18)19(2)10-13-4-3-7-20-11-13/h5-6,8,13,16H,3-4,7,9-11,18H2,1-2H3. The molecule has 1 aromatic rings. The van der Waals surface area contributed by atoms with Gasteiger partial charge in [0, 0.05) is 25.7 Å². The molecule has 1 saturated heterocycles. The minimum atomic E-state index is -0.189. The van der Waals surface area contributed by atoms with Gasteiger partial charge in [-0.2, -0.15) is 0 Å². The van der Waals surface area contributed by atoms with Gasteiger partial charge in [0.1, 0.15) is 5.82 Å². The fourth-order valence-corrected chi connectivity index (χ4v) is 3.04. The number of halogens is 1. The van der Waals surface area contributed by atoms with Gasteiger partial charge in [0.25, 0.3) is 0 Å². The maximum absolute atomic E-state index is 13.2. The van der Waals surface area contributed by atoms with E-state index in [0.29, 0.717) is 12.5 Å². The molecule has 1 heterocycles. The van der Waals surface area contributed by atoms with Gasteiger partial charge in [-0.3, -0.25) is 4.90 Å². The average molecular weight is 280 g/mol. The molecule has 112 valence electrons. The number of hydrogen-bond acceptors (Lipinski definition) is 3. The van der Waals surface area contributed by atoms with E-state index in [2.05, 4.69) is 11.9 Å². The minimum Gasteiger partial charge on any atom is -0.381 e. The van der Waals surface area contributed by atoms with E-state index in [-0.39, 0.29) is 11.9 Å². The molecule has 1 aliphatic rings. The van der Waals surface area contributed by atoms with Gasteiger partial charge in [0.15, 0.2) is 0 Å². The Kier molecular flexibility index (Phi) is 5.52. The summed E-state index contributed by atoms with van der Waals surface area (Å²) in [4.78, 5) is 2.28. The highest BCUT2D eigenvalue weighted by Crippen LogP contribution is 2.25. The van der Waals surface area contributed by atoms with E-state index in [1.54, 1.807) is 6.07 Å². The van der Waals surface area contributed by atoms with Crippen molar-refractivity contribution >= 4 is 0 Å². The molecule has 1 aromatic carbocycles. The van der Waals surface area contributed by atoms with Gasteiger partial charge in [-0.05, 0) is 56.0 Å². The summed E-state index contributed by atoms with van der Waals surface area (Å²) in [7, 11) is 2.09. The molecule has 1 aliphatic heterocycles. The number of rotatable bonds is 5. The lowest BCUT2D eigenvalue weighted by atomic mass is 9.97. The zero-order chi connectivity index (χ0) is 14.5. The molecule has 20 heavy (non-hydrogen) atoms. The number of benzene rings is 1. The highest BCUT2D eigenvalue weighted by Gasteiger charge is 2.22. The molecule has 0 spiro atoms. The molecule has 0 saturated carbocycles. The zero-order valence-electron chi connectivity index (χ0n) is 12.4. The number of nitrogens with zero attached hydrogens (tertiary/aromatic N) is 1. The van der Waals surface area contributed by atoms with Crippen LogP contribution in [0.15, 0.2) is 18.2 Å². The lowest BCUT2D eigenvalue weighted by molar-refractivity contribution is 0.0365. The largest absolute Gasteiger partial charge is 0.381 e. The van der Waals surface area contributed by atoms with Crippen molar-refractivity contribution in [1.29, 1.82) is 0 Å². The van der Waals surface area contributed by atoms with Crippen LogP contribution in [0, 0.1) is 18.7 Å². The predicted octanol–water partition coefficient (Wildman–Crippen LogP) is 2.49. The lowest BCUT2D eigenvalue weighted by Gasteiger charge is -2.33. The van der Waals surface area contributed by atoms with E-state index < -0.39 is 0 Å². The Labute approximate surface area is 120 Å². The molecule has 1 fully saturated rings. The van der Waals surface area contributed by atoms with Crippen LogP contribution in [0.3, 0.4) is 0 Å². The zero-order valence-corrected chi connectivity index (χ0v) is 12.4. The third kappa shape index (κ3) is 3.78. The van der Waals surface area contributed by atoms with E-state index in [0.717, 1.165) is 37.3 Å². The molecule has 4 heteroatoms. The van der Waals surface area contributed by atoms with Gasteiger partial charge in [-0.1, -0.05) is 6.07 Å². The van der Waals surface area contributed by atoms with Crippen LogP contribution >= 0.6 is 0 Å². The molecule has 0 aromatic heterocycles. The molecular weight excluding hydrogens is 255 g/mol. The second-order valence-corrected chi connectivity index (χ2v) is 5.78. The van der Waals surface area contributed by atoms with E-state index >= 15 is 0 Å². The monoisotopic (exact) mass is 280 g/mol. The van der Waals surface area contributed by atoms with Crippen molar-refractivity contribution < 1.29 is 9.13 Å². The first-order chi connectivity index (χ1) is 9.61. The smallest absolute Gasteiger partial charge is 0.123 e. The van der Waals surface area contributed by atoms with Gasteiger partial charge in [0.05, 0.1) is 6.61 Å². The van der Waals surface area contributed by atoms with Crippen molar-refractivity contribution in [2.45, 2.75) is 25.8 Å². The Morgan fingerprint density at radius 3 is 2.90 bits per heavy atom. The van der Waals surface area contributed by atoms with Crippen molar-refractivity contribution in [2.24, 2.45) is 11.7 Å². The SMILES string of the molecule is Cc1cc(F)ccc1C(CN)N(C)CC1CCCOC1. The van der Waals surface area contributed by atoms with E-state index in [1.807, 2.05) is 13.0 Å². The first-order valence-electron chi connectivity index (χ1n) is 7.36. The summed E-state index contributed by atoms with van der Waals surface area (Å²) in [5.74, 6) is 0.383. The first-order valence-corrected chi connectivity index (χ1v) is 7.36. The average Bonchev–Trinajstić information content (AvgIpc) is 2.43. The second kappa shape index (κ2) is 7.16. The molecule has 0 bridgehead atoms. The molecule has 3 nitrogen and oxygen atoms in total. The summed E-state index contributed by atoms with van der Waals surface area (Å²) in [6.45, 7) is 5.18. The van der Waals surface area contributed by atoms with Gasteiger partial charge >= 0.3 is 0 Å². The van der Waals surface area contributed by atoms with Crippen molar-refractivity contribution in [1.82, 2.24) is 4.90 Å². The Morgan fingerprint density at radius 2 is 2.30 bits per heavy atom. The summed E-state index contributed by atoms with van der Waals surface area (Å²) < 4.78 is 18.8. The van der Waals surface area contributed by atoms with Crippen molar-refractivity contribution in [2.75, 3.05) is 33.4 Å². The van der Waals surface area contributed by atoms with Crippen LogP contribution < -0.4 is 5.73 Å². The van der Waals surface area contributed by atoms with Crippen molar-refractivity contribution in [3.63, 3.8) is 0 Å². The van der Waals surface area contributed by atoms with Gasteiger partial charge in [0.2, 0.25) is 0 Å². The summed E-state index contributed by atoms with van der Waals surface area (Å²) in [6, 6.07) is 5.09. The summed E-state index contributed by atoms with van der Waals surface area (Å²) in [6.07, 6.45) is 2.35. The number of nitrogens with two attached hydrogens (primary N) is 1. The van der Waals surface area contributed by atoms with Crippen LogP contribution in [-0.4, -0.2) is 38.3 Å². The van der Waals surface area contributed by atoms with Gasteiger partial charge in [-0.25, -0.2) is 4.39 Å². The van der Waals surface area contributed by atoms with E-state index in [4.69, 9.17) is 10.5 Å². The number of likely N-dealkylation sites (N-methyl/N-ethyl adjacent to an activating group) is 1. The highest BCUT2D eigenvalue weighted by atomic mass is 19.1. The molecular formula is C16H25FN2O. The molecule has 0 aliphatic carbocycles. The summed E-state index contributed by atoms with van der Waals surface area (Å²) in [5, 5.41) is 0. The molecule has 2 rings (SSSR count). The summed E-state index contributed by atoms with van der Waals surface area (Å²) >= 11 is 0. The van der Waals surface area contributed by atoms with Crippen molar-refractivity contribution in [3.05, 3.63) is 35.1 Å². The molecule has 2 atom stereocenters. The number of ether oxygens (including phenoxy) is 1. The van der Waals surface area contributed by atoms with Crippen LogP contribution in [0.4, 0.5) is 4.39 Å². The van der Waals surface area contributed by atoms with Gasteiger partial charge < -0.3 is 10.5 Å². The first kappa shape index (κ1) is 15.4. The summed E-state index contributed by atoms with van der Waals surface area (Å²) in [5.41, 5.74) is 8.03. The minimum absolute atomic E-state index is 0.137. The topological polar surface area (TPSA) is 38.5 Å².